The highest BCUT2D eigenvalue weighted by Crippen LogP contribution is 2.21. The highest BCUT2D eigenvalue weighted by Gasteiger charge is 2.07. The Morgan fingerprint density at radius 2 is 0.717 bits per heavy atom. The number of anilines is 4. The van der Waals surface area contributed by atoms with Gasteiger partial charge in [0.15, 0.2) is 0 Å². The van der Waals surface area contributed by atoms with Gasteiger partial charge in [0.2, 0.25) is 0 Å². The van der Waals surface area contributed by atoms with Crippen molar-refractivity contribution in [1.29, 1.82) is 0 Å². The van der Waals surface area contributed by atoms with E-state index in [0.717, 1.165) is 22.7 Å². The second kappa shape index (κ2) is 20.8. The first-order valence-electron chi connectivity index (χ1n) is 15.4. The van der Waals surface area contributed by atoms with Crippen LogP contribution in [0.25, 0.3) is 0 Å². The van der Waals surface area contributed by atoms with E-state index < -0.39 is 12.2 Å². The van der Waals surface area contributed by atoms with Crippen molar-refractivity contribution in [3.63, 3.8) is 0 Å². The predicted molar refractivity (Wildman–Crippen MR) is 179 cm³/mol. The molecule has 0 aliphatic rings. The van der Waals surface area contributed by atoms with Crippen LogP contribution in [-0.4, -0.2) is 88.5 Å². The zero-order valence-corrected chi connectivity index (χ0v) is 26.0. The van der Waals surface area contributed by atoms with E-state index in [2.05, 4.69) is 10.6 Å². The number of aliphatic hydroxyl groups excluding tert-OH is 2. The maximum Gasteiger partial charge on any atom is 0.119 e. The number of hydrogen-bond acceptors (Lipinski definition) is 10. The summed E-state index contributed by atoms with van der Waals surface area (Å²) in [6.07, 6.45) is -1.49. The number of nitrogens with one attached hydrogen (secondary N) is 2. The first-order chi connectivity index (χ1) is 22.6. The summed E-state index contributed by atoms with van der Waals surface area (Å²) in [5, 5.41) is 26.8. The summed E-state index contributed by atoms with van der Waals surface area (Å²) in [5.41, 5.74) is 3.93. The normalized spacial score (nSPS) is 12.3. The first-order valence-corrected chi connectivity index (χ1v) is 15.4. The van der Waals surface area contributed by atoms with Gasteiger partial charge in [-0.15, -0.1) is 0 Å². The van der Waals surface area contributed by atoms with Gasteiger partial charge < -0.3 is 49.3 Å². The van der Waals surface area contributed by atoms with Gasteiger partial charge in [-0.2, -0.15) is 0 Å². The van der Waals surface area contributed by atoms with Crippen LogP contribution in [0.2, 0.25) is 0 Å². The van der Waals surface area contributed by atoms with E-state index in [1.807, 2.05) is 109 Å². The Morgan fingerprint density at radius 1 is 0.391 bits per heavy atom. The largest absolute Gasteiger partial charge is 0.491 e. The number of ether oxygens (including phenoxy) is 6. The summed E-state index contributed by atoms with van der Waals surface area (Å²) in [5.74, 6) is 1.34. The van der Waals surface area contributed by atoms with Gasteiger partial charge >= 0.3 is 0 Å². The lowest BCUT2D eigenvalue weighted by Crippen LogP contribution is -2.25. The fraction of sp³-hybridized carbons (Fsp3) is 0.333. The topological polar surface area (TPSA) is 120 Å². The van der Waals surface area contributed by atoms with Gasteiger partial charge in [0.1, 0.15) is 36.9 Å². The van der Waals surface area contributed by atoms with Crippen molar-refractivity contribution >= 4 is 22.7 Å². The molecule has 4 aromatic carbocycles. The lowest BCUT2D eigenvalue weighted by Gasteiger charge is -2.14. The molecule has 0 aliphatic carbocycles. The minimum Gasteiger partial charge on any atom is -0.491 e. The van der Waals surface area contributed by atoms with Gasteiger partial charge in [0, 0.05) is 22.7 Å². The third-order valence-corrected chi connectivity index (χ3v) is 6.45. The van der Waals surface area contributed by atoms with Gasteiger partial charge in [0.05, 0.1) is 52.9 Å². The molecule has 46 heavy (non-hydrogen) atoms. The average molecular weight is 633 g/mol. The van der Waals surface area contributed by atoms with Crippen molar-refractivity contribution in [2.75, 3.05) is 76.7 Å². The molecular weight excluding hydrogens is 588 g/mol. The monoisotopic (exact) mass is 632 g/mol. The second-order valence-corrected chi connectivity index (χ2v) is 10.3. The van der Waals surface area contributed by atoms with Crippen molar-refractivity contribution in [2.24, 2.45) is 0 Å². The Kier molecular flexibility index (Phi) is 15.7. The Balaban J connectivity index is 0.910. The molecule has 0 fully saturated rings. The molecule has 0 amide bonds. The van der Waals surface area contributed by atoms with Crippen molar-refractivity contribution in [2.45, 2.75) is 12.2 Å². The molecule has 4 N–H and O–H groups in total. The lowest BCUT2D eigenvalue weighted by atomic mass is 10.2. The van der Waals surface area contributed by atoms with Crippen LogP contribution in [0.1, 0.15) is 0 Å². The molecule has 4 aromatic rings. The summed E-state index contributed by atoms with van der Waals surface area (Å²) < 4.78 is 33.2. The van der Waals surface area contributed by atoms with Crippen LogP contribution in [0.4, 0.5) is 22.7 Å². The fourth-order valence-electron chi connectivity index (χ4n) is 4.12. The number of rotatable bonds is 23. The van der Waals surface area contributed by atoms with Crippen LogP contribution < -0.4 is 20.1 Å². The molecule has 2 unspecified atom stereocenters. The van der Waals surface area contributed by atoms with Gasteiger partial charge in [-0.05, 0) is 72.8 Å². The zero-order valence-electron chi connectivity index (χ0n) is 26.0. The van der Waals surface area contributed by atoms with Crippen molar-refractivity contribution in [1.82, 2.24) is 0 Å². The molecule has 0 heterocycles. The Morgan fingerprint density at radius 3 is 1.09 bits per heavy atom. The van der Waals surface area contributed by atoms with E-state index >= 15 is 0 Å². The number of para-hydroxylation sites is 2. The highest BCUT2D eigenvalue weighted by molar-refractivity contribution is 5.61. The van der Waals surface area contributed by atoms with Gasteiger partial charge in [-0.1, -0.05) is 36.4 Å². The van der Waals surface area contributed by atoms with Crippen LogP contribution in [0.5, 0.6) is 11.5 Å². The molecule has 0 aliphatic heterocycles. The quantitative estimate of drug-likeness (QED) is 0.0790. The highest BCUT2D eigenvalue weighted by atomic mass is 16.6. The van der Waals surface area contributed by atoms with Crippen LogP contribution in [0.15, 0.2) is 109 Å². The van der Waals surface area contributed by atoms with Crippen molar-refractivity contribution in [3.8, 4) is 11.5 Å². The first kappa shape index (κ1) is 34.7. The molecule has 246 valence electrons. The number of aliphatic hydroxyl groups is 2. The maximum atomic E-state index is 10.1. The molecule has 4 rings (SSSR count). The minimum absolute atomic E-state index is 0.133. The second-order valence-electron chi connectivity index (χ2n) is 10.3. The summed E-state index contributed by atoms with van der Waals surface area (Å²) in [6.45, 7) is 2.90. The molecule has 0 saturated carbocycles. The maximum absolute atomic E-state index is 10.1. The van der Waals surface area contributed by atoms with E-state index in [1.165, 1.54) is 0 Å². The summed E-state index contributed by atoms with van der Waals surface area (Å²) in [7, 11) is 0. The smallest absolute Gasteiger partial charge is 0.119 e. The molecule has 10 heteroatoms. The van der Waals surface area contributed by atoms with E-state index in [1.54, 1.807) is 0 Å². The summed E-state index contributed by atoms with van der Waals surface area (Å²) in [4.78, 5) is 0. The van der Waals surface area contributed by atoms with Crippen molar-refractivity contribution < 1.29 is 38.6 Å². The Bertz CT molecular complexity index is 1220. The van der Waals surface area contributed by atoms with Crippen LogP contribution in [0, 0.1) is 0 Å². The molecule has 0 aromatic heterocycles. The third-order valence-electron chi connectivity index (χ3n) is 6.45. The molecule has 0 radical (unpaired) electrons. The zero-order chi connectivity index (χ0) is 32.1. The summed E-state index contributed by atoms with van der Waals surface area (Å²) >= 11 is 0. The Hall–Kier alpha value is -4.16. The summed E-state index contributed by atoms with van der Waals surface area (Å²) in [6, 6.07) is 34.9. The van der Waals surface area contributed by atoms with Crippen molar-refractivity contribution in [3.05, 3.63) is 109 Å². The van der Waals surface area contributed by atoms with Crippen LogP contribution >= 0.6 is 0 Å². The molecule has 10 nitrogen and oxygen atoms in total. The third kappa shape index (κ3) is 14.3. The standard InChI is InChI=1S/C36H44N2O8/c39-33(27-45-35-15-11-31(12-16-35)37-29-7-3-1-4-8-29)25-43-23-21-41-19-20-42-22-24-44-26-34(40)28-46-36-17-13-32(14-18-36)38-30-9-5-2-6-10-30/h1-18,33-34,37-40H,19-28H2. The minimum atomic E-state index is -0.746. The Labute approximate surface area is 270 Å². The molecule has 0 bridgehead atoms. The SMILES string of the molecule is OC(COCCOCCOCCOCC(O)COc1ccc(Nc2ccccc2)cc1)COc1ccc(Nc2ccccc2)cc1. The molecular formula is C36H44N2O8. The lowest BCUT2D eigenvalue weighted by molar-refractivity contribution is -0.0323. The van der Waals surface area contributed by atoms with Gasteiger partial charge in [-0.3, -0.25) is 0 Å². The van der Waals surface area contributed by atoms with E-state index in [4.69, 9.17) is 28.4 Å². The fourth-order valence-corrected chi connectivity index (χ4v) is 4.12. The van der Waals surface area contributed by atoms with Crippen LogP contribution in [-0.2, 0) is 18.9 Å². The average Bonchev–Trinajstić information content (AvgIpc) is 3.09. The van der Waals surface area contributed by atoms with E-state index in [9.17, 15) is 10.2 Å². The van der Waals surface area contributed by atoms with Gasteiger partial charge in [0.25, 0.3) is 0 Å². The molecule has 0 spiro atoms. The predicted octanol–water partition coefficient (Wildman–Crippen LogP) is 5.42. The number of benzene rings is 4. The van der Waals surface area contributed by atoms with Gasteiger partial charge in [-0.25, -0.2) is 0 Å². The molecule has 0 saturated heterocycles. The van der Waals surface area contributed by atoms with E-state index in [0.29, 0.717) is 51.1 Å². The van der Waals surface area contributed by atoms with E-state index in [-0.39, 0.29) is 26.4 Å². The van der Waals surface area contributed by atoms with Crippen LogP contribution in [0.3, 0.4) is 0 Å². The molecule has 2 atom stereocenters. The number of hydrogen-bond donors (Lipinski definition) is 4.